The van der Waals surface area contributed by atoms with Crippen LogP contribution in [-0.2, 0) is 11.2 Å². The molecule has 17 heavy (non-hydrogen) atoms. The van der Waals surface area contributed by atoms with Gasteiger partial charge in [-0.25, -0.2) is 0 Å². The van der Waals surface area contributed by atoms with Crippen LogP contribution in [0.1, 0.15) is 25.3 Å². The molecule has 4 nitrogen and oxygen atoms in total. The number of aliphatic carboxylic acids is 1. The van der Waals surface area contributed by atoms with Gasteiger partial charge in [-0.1, -0.05) is 19.1 Å². The summed E-state index contributed by atoms with van der Waals surface area (Å²) in [5.41, 5.74) is 6.74. The average Bonchev–Trinajstić information content (AvgIpc) is 2.27. The van der Waals surface area contributed by atoms with E-state index in [0.29, 0.717) is 13.0 Å². The van der Waals surface area contributed by atoms with Crippen LogP contribution in [0, 0.1) is 0 Å². The van der Waals surface area contributed by atoms with Crippen molar-refractivity contribution in [3.8, 4) is 5.75 Å². The van der Waals surface area contributed by atoms with Crippen molar-refractivity contribution >= 4 is 5.97 Å². The molecule has 3 N–H and O–H groups in total. The molecule has 0 spiro atoms. The van der Waals surface area contributed by atoms with E-state index in [4.69, 9.17) is 15.6 Å². The molecule has 0 fully saturated rings. The van der Waals surface area contributed by atoms with E-state index in [1.54, 1.807) is 0 Å². The Kier molecular flexibility index (Phi) is 5.49. The normalized spacial score (nSPS) is 12.1. The van der Waals surface area contributed by atoms with Gasteiger partial charge in [0, 0.05) is 6.04 Å². The zero-order valence-corrected chi connectivity index (χ0v) is 10.1. The smallest absolute Gasteiger partial charge is 0.304 e. The predicted octanol–water partition coefficient (Wildman–Crippen LogP) is 1.82. The molecule has 0 saturated heterocycles. The quantitative estimate of drug-likeness (QED) is 0.758. The van der Waals surface area contributed by atoms with Crippen molar-refractivity contribution in [2.45, 2.75) is 32.2 Å². The standard InChI is InChI=1S/C13H19NO3/c1-2-7-17-12-5-3-10(4-6-12)8-11(14)9-13(15)16/h3-6,11H,2,7-9,14H2,1H3,(H,15,16). The Bertz CT molecular complexity index is 348. The lowest BCUT2D eigenvalue weighted by Gasteiger charge is -2.10. The molecule has 1 atom stereocenters. The molecule has 1 aromatic carbocycles. The van der Waals surface area contributed by atoms with Gasteiger partial charge in [-0.05, 0) is 30.5 Å². The van der Waals surface area contributed by atoms with Gasteiger partial charge in [0.15, 0.2) is 0 Å². The van der Waals surface area contributed by atoms with Gasteiger partial charge in [-0.2, -0.15) is 0 Å². The minimum atomic E-state index is -0.861. The first-order valence-corrected chi connectivity index (χ1v) is 5.81. The van der Waals surface area contributed by atoms with E-state index in [0.717, 1.165) is 17.7 Å². The summed E-state index contributed by atoms with van der Waals surface area (Å²) in [6.07, 6.45) is 1.54. The van der Waals surface area contributed by atoms with Gasteiger partial charge in [-0.15, -0.1) is 0 Å². The number of rotatable bonds is 7. The van der Waals surface area contributed by atoms with E-state index < -0.39 is 5.97 Å². The van der Waals surface area contributed by atoms with Crippen LogP contribution in [0.15, 0.2) is 24.3 Å². The van der Waals surface area contributed by atoms with Gasteiger partial charge in [0.1, 0.15) is 5.75 Å². The lowest BCUT2D eigenvalue weighted by Crippen LogP contribution is -2.26. The number of benzene rings is 1. The number of carbonyl (C=O) groups is 1. The first-order valence-electron chi connectivity index (χ1n) is 5.81. The van der Waals surface area contributed by atoms with Crippen molar-refractivity contribution in [1.82, 2.24) is 0 Å². The highest BCUT2D eigenvalue weighted by molar-refractivity contribution is 5.67. The Labute approximate surface area is 101 Å². The van der Waals surface area contributed by atoms with Crippen molar-refractivity contribution in [2.75, 3.05) is 6.61 Å². The zero-order chi connectivity index (χ0) is 12.7. The van der Waals surface area contributed by atoms with Crippen LogP contribution in [-0.4, -0.2) is 23.7 Å². The maximum absolute atomic E-state index is 10.5. The van der Waals surface area contributed by atoms with Crippen LogP contribution in [0.25, 0.3) is 0 Å². The van der Waals surface area contributed by atoms with E-state index in [1.807, 2.05) is 24.3 Å². The summed E-state index contributed by atoms with van der Waals surface area (Å²) in [7, 11) is 0. The average molecular weight is 237 g/mol. The molecule has 1 rings (SSSR count). The third-order valence-electron chi connectivity index (χ3n) is 2.33. The molecule has 94 valence electrons. The van der Waals surface area contributed by atoms with E-state index in [1.165, 1.54) is 0 Å². The predicted molar refractivity (Wildman–Crippen MR) is 66.2 cm³/mol. The Morgan fingerprint density at radius 1 is 1.41 bits per heavy atom. The molecule has 4 heteroatoms. The number of carboxylic acid groups (broad SMARTS) is 1. The molecular weight excluding hydrogens is 218 g/mol. The molecule has 1 aromatic rings. The Balaban J connectivity index is 2.47. The Morgan fingerprint density at radius 2 is 2.06 bits per heavy atom. The molecular formula is C13H19NO3. The second kappa shape index (κ2) is 6.91. The number of hydrogen-bond acceptors (Lipinski definition) is 3. The summed E-state index contributed by atoms with van der Waals surface area (Å²) >= 11 is 0. The second-order valence-corrected chi connectivity index (χ2v) is 4.05. The van der Waals surface area contributed by atoms with E-state index in [9.17, 15) is 4.79 Å². The summed E-state index contributed by atoms with van der Waals surface area (Å²) in [6, 6.07) is 7.28. The van der Waals surface area contributed by atoms with Gasteiger partial charge in [0.25, 0.3) is 0 Å². The van der Waals surface area contributed by atoms with E-state index in [-0.39, 0.29) is 12.5 Å². The minimum absolute atomic E-state index is 0.00587. The van der Waals surface area contributed by atoms with E-state index >= 15 is 0 Å². The van der Waals surface area contributed by atoms with Gasteiger partial charge >= 0.3 is 5.97 Å². The molecule has 0 radical (unpaired) electrons. The molecule has 0 heterocycles. The molecule has 0 aliphatic carbocycles. The molecule has 0 amide bonds. The summed E-state index contributed by atoms with van der Waals surface area (Å²) in [5.74, 6) is -0.0252. The fourth-order valence-corrected chi connectivity index (χ4v) is 1.54. The van der Waals surface area contributed by atoms with Crippen molar-refractivity contribution < 1.29 is 14.6 Å². The third kappa shape index (κ3) is 5.36. The first-order chi connectivity index (χ1) is 8.11. The fourth-order valence-electron chi connectivity index (χ4n) is 1.54. The van der Waals surface area contributed by atoms with E-state index in [2.05, 4.69) is 6.92 Å². The summed E-state index contributed by atoms with van der Waals surface area (Å²) < 4.78 is 5.45. The monoisotopic (exact) mass is 237 g/mol. The topological polar surface area (TPSA) is 72.5 Å². The molecule has 1 unspecified atom stereocenters. The van der Waals surface area contributed by atoms with Gasteiger partial charge in [0.2, 0.25) is 0 Å². The summed E-state index contributed by atoms with van der Waals surface area (Å²) in [5, 5.41) is 8.60. The van der Waals surface area contributed by atoms with Gasteiger partial charge < -0.3 is 15.6 Å². The summed E-state index contributed by atoms with van der Waals surface area (Å²) in [6.45, 7) is 2.76. The Morgan fingerprint density at radius 3 is 2.59 bits per heavy atom. The molecule has 0 aliphatic heterocycles. The highest BCUT2D eigenvalue weighted by Gasteiger charge is 2.08. The third-order valence-corrected chi connectivity index (χ3v) is 2.33. The van der Waals surface area contributed by atoms with Crippen LogP contribution in [0.2, 0.25) is 0 Å². The van der Waals surface area contributed by atoms with Crippen LogP contribution in [0.3, 0.4) is 0 Å². The van der Waals surface area contributed by atoms with Gasteiger partial charge in [-0.3, -0.25) is 4.79 Å². The lowest BCUT2D eigenvalue weighted by molar-refractivity contribution is -0.137. The van der Waals surface area contributed by atoms with Crippen molar-refractivity contribution in [3.63, 3.8) is 0 Å². The fraction of sp³-hybridized carbons (Fsp3) is 0.462. The number of carboxylic acids is 1. The molecule has 0 aliphatic rings. The first kappa shape index (κ1) is 13.5. The number of nitrogens with two attached hydrogens (primary N) is 1. The lowest BCUT2D eigenvalue weighted by atomic mass is 10.0. The van der Waals surface area contributed by atoms with Crippen LogP contribution >= 0.6 is 0 Å². The second-order valence-electron chi connectivity index (χ2n) is 4.05. The molecule has 0 bridgehead atoms. The molecule has 0 saturated carbocycles. The van der Waals surface area contributed by atoms with Crippen LogP contribution < -0.4 is 10.5 Å². The van der Waals surface area contributed by atoms with Crippen LogP contribution in [0.5, 0.6) is 5.75 Å². The highest BCUT2D eigenvalue weighted by Crippen LogP contribution is 2.13. The zero-order valence-electron chi connectivity index (χ0n) is 10.1. The summed E-state index contributed by atoms with van der Waals surface area (Å²) in [4.78, 5) is 10.5. The maximum Gasteiger partial charge on any atom is 0.304 e. The number of ether oxygens (including phenoxy) is 1. The van der Waals surface area contributed by atoms with Crippen LogP contribution in [0.4, 0.5) is 0 Å². The van der Waals surface area contributed by atoms with Crippen molar-refractivity contribution in [3.05, 3.63) is 29.8 Å². The maximum atomic E-state index is 10.5. The highest BCUT2D eigenvalue weighted by atomic mass is 16.5. The van der Waals surface area contributed by atoms with Crippen molar-refractivity contribution in [2.24, 2.45) is 5.73 Å². The van der Waals surface area contributed by atoms with Gasteiger partial charge in [0.05, 0.1) is 13.0 Å². The Hall–Kier alpha value is -1.55. The van der Waals surface area contributed by atoms with Crippen molar-refractivity contribution in [1.29, 1.82) is 0 Å². The number of hydrogen-bond donors (Lipinski definition) is 2. The molecule has 0 aromatic heterocycles. The SMILES string of the molecule is CCCOc1ccc(CC(N)CC(=O)O)cc1. The largest absolute Gasteiger partial charge is 0.494 e. The minimum Gasteiger partial charge on any atom is -0.494 e.